The summed E-state index contributed by atoms with van der Waals surface area (Å²) in [5.41, 5.74) is 1.83. The molecule has 130 valence electrons. The molecule has 0 unspecified atom stereocenters. The van der Waals surface area contributed by atoms with Crippen molar-refractivity contribution in [1.82, 2.24) is 0 Å². The molecule has 0 radical (unpaired) electrons. The number of nitrogens with zero attached hydrogens (tertiary/aromatic N) is 1. The Kier molecular flexibility index (Phi) is 6.19. The molecule has 0 bridgehead atoms. The van der Waals surface area contributed by atoms with Crippen molar-refractivity contribution in [3.8, 4) is 11.5 Å². The Morgan fingerprint density at radius 1 is 1.36 bits per heavy atom. The lowest BCUT2D eigenvalue weighted by atomic mass is 10.1. The first-order valence-electron chi connectivity index (χ1n) is 7.62. The summed E-state index contributed by atoms with van der Waals surface area (Å²) in [7, 11) is 0. The highest BCUT2D eigenvalue weighted by atomic mass is 35.5. The second-order valence-corrected chi connectivity index (χ2v) is 5.59. The number of hydrogen-bond acceptors (Lipinski definition) is 4. The van der Waals surface area contributed by atoms with Crippen LogP contribution >= 0.6 is 11.6 Å². The van der Waals surface area contributed by atoms with Gasteiger partial charge in [0, 0.05) is 11.8 Å². The van der Waals surface area contributed by atoms with Gasteiger partial charge in [-0.2, -0.15) is 0 Å². The second-order valence-electron chi connectivity index (χ2n) is 5.18. The lowest BCUT2D eigenvalue weighted by molar-refractivity contribution is 0.0697. The average molecular weight is 360 g/mol. The van der Waals surface area contributed by atoms with Gasteiger partial charge in [-0.25, -0.2) is 4.79 Å². The van der Waals surface area contributed by atoms with E-state index in [1.54, 1.807) is 30.5 Å². The van der Waals surface area contributed by atoms with Crippen LogP contribution in [-0.2, 0) is 6.42 Å². The molecule has 2 N–H and O–H groups in total. The summed E-state index contributed by atoms with van der Waals surface area (Å²) >= 11 is 5.85. The van der Waals surface area contributed by atoms with E-state index in [1.165, 1.54) is 12.1 Å². The summed E-state index contributed by atoms with van der Waals surface area (Å²) in [6.45, 7) is 5.92. The smallest absolute Gasteiger partial charge is 0.337 e. The van der Waals surface area contributed by atoms with Crippen molar-refractivity contribution in [1.29, 1.82) is 0 Å². The van der Waals surface area contributed by atoms with Crippen LogP contribution in [0.4, 0.5) is 5.69 Å². The molecular formula is C19H18ClNO4. The van der Waals surface area contributed by atoms with Crippen molar-refractivity contribution < 1.29 is 19.7 Å². The molecule has 5 nitrogen and oxygen atoms in total. The van der Waals surface area contributed by atoms with Gasteiger partial charge in [0.2, 0.25) is 0 Å². The van der Waals surface area contributed by atoms with E-state index in [-0.39, 0.29) is 16.3 Å². The average Bonchev–Trinajstić information content (AvgIpc) is 2.58. The van der Waals surface area contributed by atoms with E-state index in [1.807, 2.05) is 6.92 Å². The van der Waals surface area contributed by atoms with Gasteiger partial charge < -0.3 is 14.9 Å². The molecule has 2 aromatic carbocycles. The van der Waals surface area contributed by atoms with Crippen molar-refractivity contribution >= 4 is 29.5 Å². The number of hydrogen-bond donors (Lipinski definition) is 2. The molecule has 0 heterocycles. The number of rotatable bonds is 7. The number of halogens is 1. The highest BCUT2D eigenvalue weighted by molar-refractivity contribution is 6.33. The number of aromatic carboxylic acids is 1. The van der Waals surface area contributed by atoms with Crippen LogP contribution in [-0.4, -0.2) is 29.0 Å². The van der Waals surface area contributed by atoms with Crippen molar-refractivity contribution in [2.24, 2.45) is 4.99 Å². The molecule has 0 atom stereocenters. The van der Waals surface area contributed by atoms with Crippen LogP contribution in [0.3, 0.4) is 0 Å². The maximum atomic E-state index is 11.1. The minimum Gasteiger partial charge on any atom is -0.504 e. The zero-order valence-electron chi connectivity index (χ0n) is 13.7. The van der Waals surface area contributed by atoms with Gasteiger partial charge in [-0.15, -0.1) is 6.58 Å². The lowest BCUT2D eigenvalue weighted by Gasteiger charge is -2.10. The minimum absolute atomic E-state index is 0.00984. The normalized spacial score (nSPS) is 10.8. The van der Waals surface area contributed by atoms with Crippen LogP contribution in [0.1, 0.15) is 28.4 Å². The number of allylic oxidation sites excluding steroid dienone is 1. The lowest BCUT2D eigenvalue weighted by Crippen LogP contribution is -1.97. The fraction of sp³-hybridized carbons (Fsp3) is 0.158. The number of aliphatic imine (C=N–C) groups is 1. The van der Waals surface area contributed by atoms with Crippen LogP contribution < -0.4 is 4.74 Å². The number of aromatic hydroxyl groups is 1. The monoisotopic (exact) mass is 359 g/mol. The third-order valence-corrected chi connectivity index (χ3v) is 3.71. The molecule has 0 fully saturated rings. The fourth-order valence-electron chi connectivity index (χ4n) is 2.25. The predicted molar refractivity (Wildman–Crippen MR) is 98.8 cm³/mol. The Labute approximate surface area is 150 Å². The number of carbonyl (C=O) groups is 1. The van der Waals surface area contributed by atoms with Crippen LogP contribution in [0, 0.1) is 0 Å². The number of phenolic OH excluding ortho intramolecular Hbond substituents is 1. The van der Waals surface area contributed by atoms with Gasteiger partial charge in [-0.3, -0.25) is 4.99 Å². The molecule has 0 saturated carbocycles. The highest BCUT2D eigenvalue weighted by Crippen LogP contribution is 2.32. The molecule has 0 saturated heterocycles. The van der Waals surface area contributed by atoms with Crippen LogP contribution in [0.15, 0.2) is 48.0 Å². The van der Waals surface area contributed by atoms with Gasteiger partial charge >= 0.3 is 5.97 Å². The number of benzene rings is 2. The Balaban J connectivity index is 2.38. The van der Waals surface area contributed by atoms with E-state index in [9.17, 15) is 9.90 Å². The molecule has 0 aromatic heterocycles. The molecule has 0 amide bonds. The Morgan fingerprint density at radius 3 is 2.76 bits per heavy atom. The molecule has 0 spiro atoms. The van der Waals surface area contributed by atoms with Gasteiger partial charge in [-0.05, 0) is 49.2 Å². The van der Waals surface area contributed by atoms with Gasteiger partial charge in [0.05, 0.1) is 22.9 Å². The first kappa shape index (κ1) is 18.5. The number of ether oxygens (including phenoxy) is 1. The van der Waals surface area contributed by atoms with E-state index < -0.39 is 5.97 Å². The topological polar surface area (TPSA) is 79.1 Å². The number of phenols is 1. The molecule has 6 heteroatoms. The Bertz CT molecular complexity index is 830. The van der Waals surface area contributed by atoms with Crippen molar-refractivity contribution in [2.75, 3.05) is 6.61 Å². The van der Waals surface area contributed by atoms with Crippen molar-refractivity contribution in [3.63, 3.8) is 0 Å². The third-order valence-electron chi connectivity index (χ3n) is 3.38. The van der Waals surface area contributed by atoms with Gasteiger partial charge in [0.1, 0.15) is 0 Å². The zero-order chi connectivity index (χ0) is 18.4. The Morgan fingerprint density at radius 2 is 2.12 bits per heavy atom. The summed E-state index contributed by atoms with van der Waals surface area (Å²) < 4.78 is 5.44. The highest BCUT2D eigenvalue weighted by Gasteiger charge is 2.11. The van der Waals surface area contributed by atoms with E-state index in [0.717, 1.165) is 0 Å². The molecule has 0 aliphatic heterocycles. The zero-order valence-corrected chi connectivity index (χ0v) is 14.5. The number of carboxylic acid groups (broad SMARTS) is 1. The SMILES string of the molecule is C=CCc1cc(C=Nc2ccc(Cl)c(C(=O)O)c2)cc(OCC)c1O. The largest absolute Gasteiger partial charge is 0.504 e. The van der Waals surface area contributed by atoms with E-state index in [4.69, 9.17) is 21.4 Å². The van der Waals surface area contributed by atoms with Crippen LogP contribution in [0.25, 0.3) is 0 Å². The first-order chi connectivity index (χ1) is 12.0. The van der Waals surface area contributed by atoms with E-state index in [2.05, 4.69) is 11.6 Å². The van der Waals surface area contributed by atoms with Crippen LogP contribution in [0.5, 0.6) is 11.5 Å². The minimum atomic E-state index is -1.11. The molecule has 2 rings (SSSR count). The molecule has 2 aromatic rings. The van der Waals surface area contributed by atoms with Gasteiger partial charge in [0.25, 0.3) is 0 Å². The molecule has 0 aliphatic carbocycles. The van der Waals surface area contributed by atoms with Crippen molar-refractivity contribution in [2.45, 2.75) is 13.3 Å². The summed E-state index contributed by atoms with van der Waals surface area (Å²) in [6.07, 6.45) is 3.74. The second kappa shape index (κ2) is 8.35. The fourth-order valence-corrected chi connectivity index (χ4v) is 2.45. The van der Waals surface area contributed by atoms with E-state index >= 15 is 0 Å². The first-order valence-corrected chi connectivity index (χ1v) is 8.00. The molecular weight excluding hydrogens is 342 g/mol. The summed E-state index contributed by atoms with van der Waals surface area (Å²) in [6, 6.07) is 7.96. The number of carboxylic acids is 1. The summed E-state index contributed by atoms with van der Waals surface area (Å²) in [5.74, 6) is -0.664. The van der Waals surface area contributed by atoms with Crippen LogP contribution in [0.2, 0.25) is 5.02 Å². The maximum absolute atomic E-state index is 11.1. The van der Waals surface area contributed by atoms with E-state index in [0.29, 0.717) is 35.6 Å². The predicted octanol–water partition coefficient (Wildman–Crippen LogP) is 4.62. The van der Waals surface area contributed by atoms with Gasteiger partial charge in [0.15, 0.2) is 11.5 Å². The standard InChI is InChI=1S/C19H18ClNO4/c1-3-5-13-8-12(9-17(18(13)22)25-4-2)11-21-14-6-7-16(20)15(10-14)19(23)24/h3,6-11,22H,1,4-5H2,2H3,(H,23,24). The third kappa shape index (κ3) is 4.61. The molecule has 25 heavy (non-hydrogen) atoms. The van der Waals surface area contributed by atoms with Gasteiger partial charge in [-0.1, -0.05) is 17.7 Å². The quantitative estimate of drug-likeness (QED) is 0.558. The Hall–Kier alpha value is -2.79. The molecule has 0 aliphatic rings. The summed E-state index contributed by atoms with van der Waals surface area (Å²) in [4.78, 5) is 15.4. The van der Waals surface area contributed by atoms with Crippen molar-refractivity contribution in [3.05, 3.63) is 64.7 Å². The maximum Gasteiger partial charge on any atom is 0.337 e. The summed E-state index contributed by atoms with van der Waals surface area (Å²) in [5, 5.41) is 19.5.